The second kappa shape index (κ2) is 8.68. The van der Waals surface area contributed by atoms with Gasteiger partial charge in [0.25, 0.3) is 0 Å². The number of rotatable bonds is 3. The van der Waals surface area contributed by atoms with Gasteiger partial charge >= 0.3 is 0 Å². The van der Waals surface area contributed by atoms with Crippen LogP contribution < -0.4 is 0 Å². The van der Waals surface area contributed by atoms with Gasteiger partial charge in [0.05, 0.1) is 0 Å². The maximum absolute atomic E-state index is 2.92. The van der Waals surface area contributed by atoms with E-state index in [9.17, 15) is 0 Å². The SMILES string of the molecule is CCC.CCN1CCC(CN2CCC(C)CC23CCC3)CC1. The molecule has 3 rings (SSSR count). The third-order valence-electron chi connectivity index (χ3n) is 6.21. The Labute approximate surface area is 139 Å². The van der Waals surface area contributed by atoms with Crippen LogP contribution in [0.15, 0.2) is 0 Å². The molecule has 2 nitrogen and oxygen atoms in total. The minimum Gasteiger partial charge on any atom is -0.304 e. The summed E-state index contributed by atoms with van der Waals surface area (Å²) in [5, 5.41) is 0. The molecule has 3 fully saturated rings. The van der Waals surface area contributed by atoms with Gasteiger partial charge in [-0.2, -0.15) is 0 Å². The van der Waals surface area contributed by atoms with Gasteiger partial charge in [-0.25, -0.2) is 0 Å². The summed E-state index contributed by atoms with van der Waals surface area (Å²) in [4.78, 5) is 5.54. The first-order chi connectivity index (χ1) is 10.6. The van der Waals surface area contributed by atoms with Crippen LogP contribution in [0.3, 0.4) is 0 Å². The molecular weight excluding hydrogens is 268 g/mol. The molecule has 0 aromatic heterocycles. The van der Waals surface area contributed by atoms with Gasteiger partial charge in [-0.3, -0.25) is 4.90 Å². The molecule has 0 radical (unpaired) electrons. The van der Waals surface area contributed by atoms with Crippen molar-refractivity contribution in [2.24, 2.45) is 11.8 Å². The molecule has 1 saturated carbocycles. The van der Waals surface area contributed by atoms with Crippen molar-refractivity contribution in [1.82, 2.24) is 9.80 Å². The molecule has 2 saturated heterocycles. The number of nitrogens with zero attached hydrogens (tertiary/aromatic N) is 2. The van der Waals surface area contributed by atoms with E-state index in [1.54, 1.807) is 0 Å². The lowest BCUT2D eigenvalue weighted by Gasteiger charge is -2.56. The molecule has 0 amide bonds. The normalized spacial score (nSPS) is 29.7. The van der Waals surface area contributed by atoms with E-state index in [1.165, 1.54) is 84.1 Å². The van der Waals surface area contributed by atoms with Crippen LogP contribution in [0.5, 0.6) is 0 Å². The lowest BCUT2D eigenvalue weighted by molar-refractivity contribution is -0.0478. The quantitative estimate of drug-likeness (QED) is 0.739. The zero-order valence-corrected chi connectivity index (χ0v) is 15.7. The van der Waals surface area contributed by atoms with Gasteiger partial charge in [0, 0.05) is 12.1 Å². The zero-order chi connectivity index (χ0) is 16.0. The van der Waals surface area contributed by atoms with Crippen molar-refractivity contribution in [2.75, 3.05) is 32.7 Å². The van der Waals surface area contributed by atoms with E-state index in [1.807, 2.05) is 0 Å². The minimum atomic E-state index is 0.652. The van der Waals surface area contributed by atoms with Crippen LogP contribution in [0.2, 0.25) is 0 Å². The van der Waals surface area contributed by atoms with Crippen LogP contribution in [0, 0.1) is 11.8 Å². The topological polar surface area (TPSA) is 6.48 Å². The second-order valence-corrected chi connectivity index (χ2v) is 8.21. The fourth-order valence-corrected chi connectivity index (χ4v) is 4.68. The lowest BCUT2D eigenvalue weighted by atomic mass is 9.67. The summed E-state index contributed by atoms with van der Waals surface area (Å²) < 4.78 is 0. The molecule has 2 heteroatoms. The Hall–Kier alpha value is -0.0800. The number of likely N-dealkylation sites (tertiary alicyclic amines) is 2. The molecule has 1 unspecified atom stereocenters. The van der Waals surface area contributed by atoms with Gasteiger partial charge < -0.3 is 4.90 Å². The number of hydrogen-bond acceptors (Lipinski definition) is 2. The van der Waals surface area contributed by atoms with Crippen molar-refractivity contribution >= 4 is 0 Å². The molecule has 3 aliphatic rings. The third-order valence-corrected chi connectivity index (χ3v) is 6.21. The maximum Gasteiger partial charge on any atom is 0.0212 e. The van der Waals surface area contributed by atoms with Crippen LogP contribution in [-0.2, 0) is 0 Å². The van der Waals surface area contributed by atoms with E-state index >= 15 is 0 Å². The smallest absolute Gasteiger partial charge is 0.0212 e. The molecule has 1 spiro atoms. The second-order valence-electron chi connectivity index (χ2n) is 8.21. The summed E-state index contributed by atoms with van der Waals surface area (Å²) >= 11 is 0. The minimum absolute atomic E-state index is 0.652. The van der Waals surface area contributed by atoms with E-state index in [-0.39, 0.29) is 0 Å². The summed E-state index contributed by atoms with van der Waals surface area (Å²) in [5.74, 6) is 1.95. The molecule has 0 aromatic carbocycles. The summed E-state index contributed by atoms with van der Waals surface area (Å²) in [6.45, 7) is 15.8. The average molecular weight is 309 g/mol. The van der Waals surface area contributed by atoms with Crippen molar-refractivity contribution in [1.29, 1.82) is 0 Å². The summed E-state index contributed by atoms with van der Waals surface area (Å²) in [6, 6.07) is 0. The van der Waals surface area contributed by atoms with Gasteiger partial charge in [-0.05, 0) is 83.0 Å². The monoisotopic (exact) mass is 308 g/mol. The first-order valence-corrected chi connectivity index (χ1v) is 10.1. The van der Waals surface area contributed by atoms with Crippen molar-refractivity contribution in [2.45, 2.75) is 84.6 Å². The summed E-state index contributed by atoms with van der Waals surface area (Å²) in [6.07, 6.45) is 11.5. The van der Waals surface area contributed by atoms with Gasteiger partial charge in [0.1, 0.15) is 0 Å². The van der Waals surface area contributed by atoms with Crippen molar-refractivity contribution in [3.63, 3.8) is 0 Å². The van der Waals surface area contributed by atoms with E-state index in [4.69, 9.17) is 0 Å². The fraction of sp³-hybridized carbons (Fsp3) is 1.00. The molecule has 0 bridgehead atoms. The molecule has 1 aliphatic carbocycles. The Morgan fingerprint density at radius 2 is 1.59 bits per heavy atom. The van der Waals surface area contributed by atoms with Gasteiger partial charge in [0.15, 0.2) is 0 Å². The van der Waals surface area contributed by atoms with E-state index < -0.39 is 0 Å². The third kappa shape index (κ3) is 4.47. The van der Waals surface area contributed by atoms with Crippen LogP contribution in [0.4, 0.5) is 0 Å². The van der Waals surface area contributed by atoms with Gasteiger partial charge in [0.2, 0.25) is 0 Å². The van der Waals surface area contributed by atoms with Crippen LogP contribution >= 0.6 is 0 Å². The largest absolute Gasteiger partial charge is 0.304 e. The van der Waals surface area contributed by atoms with Gasteiger partial charge in [-0.1, -0.05) is 34.1 Å². The first kappa shape index (κ1) is 18.3. The summed E-state index contributed by atoms with van der Waals surface area (Å²) in [5.41, 5.74) is 0.652. The highest BCUT2D eigenvalue weighted by Gasteiger charge is 2.45. The molecule has 2 aliphatic heterocycles. The lowest BCUT2D eigenvalue weighted by Crippen LogP contribution is -2.59. The molecule has 22 heavy (non-hydrogen) atoms. The zero-order valence-electron chi connectivity index (χ0n) is 15.7. The van der Waals surface area contributed by atoms with E-state index in [0.29, 0.717) is 5.54 Å². The highest BCUT2D eigenvalue weighted by Crippen LogP contribution is 2.46. The van der Waals surface area contributed by atoms with Gasteiger partial charge in [-0.15, -0.1) is 0 Å². The predicted octanol–water partition coefficient (Wildman–Crippen LogP) is 4.79. The molecule has 2 heterocycles. The Morgan fingerprint density at radius 3 is 2.09 bits per heavy atom. The predicted molar refractivity (Wildman–Crippen MR) is 97.4 cm³/mol. The molecule has 0 aromatic rings. The van der Waals surface area contributed by atoms with Crippen molar-refractivity contribution in [3.8, 4) is 0 Å². The van der Waals surface area contributed by atoms with Crippen molar-refractivity contribution < 1.29 is 0 Å². The number of hydrogen-bond donors (Lipinski definition) is 0. The van der Waals surface area contributed by atoms with Crippen LogP contribution in [0.1, 0.15) is 79.1 Å². The molecular formula is C20H40N2. The molecule has 1 atom stereocenters. The molecule has 0 N–H and O–H groups in total. The molecule has 130 valence electrons. The number of piperidine rings is 2. The Morgan fingerprint density at radius 1 is 0.955 bits per heavy atom. The highest BCUT2D eigenvalue weighted by atomic mass is 15.2. The fourth-order valence-electron chi connectivity index (χ4n) is 4.68. The summed E-state index contributed by atoms with van der Waals surface area (Å²) in [7, 11) is 0. The standard InChI is InChI=1S/C17H32N2.C3H8/c1-3-18-10-6-16(7-11-18)14-19-12-5-15(2)13-17(19)8-4-9-17;1-3-2/h15-16H,3-14H2,1-2H3;3H2,1-2H3. The Bertz CT molecular complexity index is 303. The first-order valence-electron chi connectivity index (χ1n) is 10.1. The van der Waals surface area contributed by atoms with E-state index in [2.05, 4.69) is 37.5 Å². The van der Waals surface area contributed by atoms with E-state index in [0.717, 1.165) is 11.8 Å². The Kier molecular flexibility index (Phi) is 7.21. The van der Waals surface area contributed by atoms with Crippen LogP contribution in [0.25, 0.3) is 0 Å². The highest BCUT2D eigenvalue weighted by molar-refractivity contribution is 5.02. The van der Waals surface area contributed by atoms with Crippen molar-refractivity contribution in [3.05, 3.63) is 0 Å². The van der Waals surface area contributed by atoms with Crippen LogP contribution in [-0.4, -0.2) is 48.1 Å². The Balaban J connectivity index is 0.000000545. The average Bonchev–Trinajstić information content (AvgIpc) is 2.49. The maximum atomic E-state index is 2.92.